The van der Waals surface area contributed by atoms with Gasteiger partial charge < -0.3 is 5.73 Å². The van der Waals surface area contributed by atoms with Gasteiger partial charge in [0.2, 0.25) is 11.8 Å². The van der Waals surface area contributed by atoms with Crippen LogP contribution in [0, 0.1) is 17.6 Å². The van der Waals surface area contributed by atoms with Crippen molar-refractivity contribution in [2.45, 2.75) is 19.8 Å². The van der Waals surface area contributed by atoms with E-state index >= 15 is 0 Å². The third-order valence-corrected chi connectivity index (χ3v) is 2.83. The highest BCUT2D eigenvalue weighted by Gasteiger charge is 2.34. The van der Waals surface area contributed by atoms with Gasteiger partial charge in [-0.1, -0.05) is 6.92 Å². The SMILES string of the molecule is CC1CC(=O)N(c2c(N)cc(F)cc2F)C(=O)C1. The minimum Gasteiger partial charge on any atom is -0.397 e. The first kappa shape index (κ1) is 12.5. The van der Waals surface area contributed by atoms with Gasteiger partial charge >= 0.3 is 0 Å². The molecule has 1 fully saturated rings. The molecule has 4 nitrogen and oxygen atoms in total. The van der Waals surface area contributed by atoms with Crippen molar-refractivity contribution in [1.29, 1.82) is 0 Å². The maximum atomic E-state index is 13.7. The Kier molecular flexibility index (Phi) is 3.02. The van der Waals surface area contributed by atoms with Crippen molar-refractivity contribution in [3.05, 3.63) is 23.8 Å². The fourth-order valence-electron chi connectivity index (χ4n) is 2.06. The minimum absolute atomic E-state index is 0.0778. The van der Waals surface area contributed by atoms with Gasteiger partial charge in [0.15, 0.2) is 5.82 Å². The lowest BCUT2D eigenvalue weighted by atomic mass is 9.97. The fraction of sp³-hybridized carbons (Fsp3) is 0.333. The number of anilines is 2. The number of rotatable bonds is 1. The molecule has 0 atom stereocenters. The lowest BCUT2D eigenvalue weighted by molar-refractivity contribution is -0.130. The highest BCUT2D eigenvalue weighted by atomic mass is 19.1. The van der Waals surface area contributed by atoms with Crippen molar-refractivity contribution in [2.24, 2.45) is 5.92 Å². The number of halogens is 2. The molecule has 0 spiro atoms. The zero-order valence-corrected chi connectivity index (χ0v) is 9.74. The Morgan fingerprint density at radius 3 is 2.28 bits per heavy atom. The molecule has 6 heteroatoms. The van der Waals surface area contributed by atoms with Gasteiger partial charge in [0.1, 0.15) is 11.5 Å². The van der Waals surface area contributed by atoms with Crippen LogP contribution >= 0.6 is 0 Å². The quantitative estimate of drug-likeness (QED) is 0.614. The van der Waals surface area contributed by atoms with Gasteiger partial charge in [0.05, 0.1) is 5.69 Å². The summed E-state index contributed by atoms with van der Waals surface area (Å²) in [5.74, 6) is -2.97. The predicted molar refractivity (Wildman–Crippen MR) is 61.7 cm³/mol. The molecule has 96 valence electrons. The molecule has 0 aromatic heterocycles. The maximum absolute atomic E-state index is 13.7. The standard InChI is InChI=1S/C12H12F2N2O2/c1-6-2-10(17)16(11(18)3-6)12-8(14)4-7(13)5-9(12)15/h4-6H,2-3,15H2,1H3. The van der Waals surface area contributed by atoms with Gasteiger partial charge in [-0.2, -0.15) is 0 Å². The van der Waals surface area contributed by atoms with E-state index in [9.17, 15) is 18.4 Å². The van der Waals surface area contributed by atoms with Crippen LogP contribution in [0.15, 0.2) is 12.1 Å². The van der Waals surface area contributed by atoms with Crippen LogP contribution < -0.4 is 10.6 Å². The number of benzene rings is 1. The summed E-state index contributed by atoms with van der Waals surface area (Å²) >= 11 is 0. The lowest BCUT2D eigenvalue weighted by Gasteiger charge is -2.29. The summed E-state index contributed by atoms with van der Waals surface area (Å²) in [5, 5.41) is 0. The Morgan fingerprint density at radius 2 is 1.78 bits per heavy atom. The summed E-state index contributed by atoms with van der Waals surface area (Å²) in [4.78, 5) is 24.3. The molecule has 0 aliphatic carbocycles. The summed E-state index contributed by atoms with van der Waals surface area (Å²) in [6.45, 7) is 1.76. The van der Waals surface area contributed by atoms with Crippen molar-refractivity contribution < 1.29 is 18.4 Å². The smallest absolute Gasteiger partial charge is 0.234 e. The Hall–Kier alpha value is -1.98. The summed E-state index contributed by atoms with van der Waals surface area (Å²) < 4.78 is 26.6. The predicted octanol–water partition coefficient (Wildman–Crippen LogP) is 1.84. The number of nitrogens with zero attached hydrogens (tertiary/aromatic N) is 1. The first-order valence-corrected chi connectivity index (χ1v) is 5.50. The van der Waals surface area contributed by atoms with Crippen molar-refractivity contribution >= 4 is 23.2 Å². The number of imide groups is 1. The number of hydrogen-bond acceptors (Lipinski definition) is 3. The lowest BCUT2D eigenvalue weighted by Crippen LogP contribution is -2.43. The van der Waals surface area contributed by atoms with E-state index in [1.807, 2.05) is 0 Å². The van der Waals surface area contributed by atoms with Crippen LogP contribution in [0.2, 0.25) is 0 Å². The third-order valence-electron chi connectivity index (χ3n) is 2.83. The molecule has 0 saturated carbocycles. The van der Waals surface area contributed by atoms with Crippen LogP contribution in [0.4, 0.5) is 20.2 Å². The molecular formula is C12H12F2N2O2. The van der Waals surface area contributed by atoms with Crippen molar-refractivity contribution in [2.75, 3.05) is 10.6 Å². The molecule has 1 aromatic rings. The normalized spacial score (nSPS) is 17.4. The van der Waals surface area contributed by atoms with Crippen LogP contribution in [0.5, 0.6) is 0 Å². The van der Waals surface area contributed by atoms with Gasteiger partial charge in [-0.25, -0.2) is 13.7 Å². The summed E-state index contributed by atoms with van der Waals surface area (Å²) in [7, 11) is 0. The fourth-order valence-corrected chi connectivity index (χ4v) is 2.06. The average Bonchev–Trinajstić information content (AvgIpc) is 2.20. The van der Waals surface area contributed by atoms with Crippen LogP contribution in [-0.4, -0.2) is 11.8 Å². The minimum atomic E-state index is -1.01. The van der Waals surface area contributed by atoms with Gasteiger partial charge in [-0.15, -0.1) is 0 Å². The first-order valence-electron chi connectivity index (χ1n) is 5.50. The number of carbonyl (C=O) groups is 2. The van der Waals surface area contributed by atoms with E-state index in [0.29, 0.717) is 11.0 Å². The van der Waals surface area contributed by atoms with Crippen LogP contribution in [0.25, 0.3) is 0 Å². The Bertz CT molecular complexity index is 490. The van der Waals surface area contributed by atoms with Gasteiger partial charge in [-0.05, 0) is 12.0 Å². The van der Waals surface area contributed by atoms with E-state index in [1.54, 1.807) is 6.92 Å². The topological polar surface area (TPSA) is 63.4 Å². The molecule has 1 aliphatic rings. The summed E-state index contributed by atoms with van der Waals surface area (Å²) in [6, 6.07) is 1.49. The van der Waals surface area contributed by atoms with Crippen molar-refractivity contribution in [3.63, 3.8) is 0 Å². The van der Waals surface area contributed by atoms with E-state index in [1.165, 1.54) is 0 Å². The van der Waals surface area contributed by atoms with Gasteiger partial charge in [0, 0.05) is 18.9 Å². The molecule has 18 heavy (non-hydrogen) atoms. The molecule has 1 saturated heterocycles. The summed E-state index contributed by atoms with van der Waals surface area (Å²) in [5.41, 5.74) is 4.88. The van der Waals surface area contributed by atoms with Gasteiger partial charge in [0.25, 0.3) is 0 Å². The third kappa shape index (κ3) is 2.05. The van der Waals surface area contributed by atoms with Gasteiger partial charge in [-0.3, -0.25) is 9.59 Å². The zero-order chi connectivity index (χ0) is 13.4. The monoisotopic (exact) mass is 254 g/mol. The molecule has 2 N–H and O–H groups in total. The van der Waals surface area contributed by atoms with Crippen LogP contribution in [0.3, 0.4) is 0 Å². The number of carbonyl (C=O) groups excluding carboxylic acids is 2. The molecule has 1 aliphatic heterocycles. The largest absolute Gasteiger partial charge is 0.397 e. The van der Waals surface area contributed by atoms with E-state index in [0.717, 1.165) is 6.07 Å². The number of hydrogen-bond donors (Lipinski definition) is 1. The van der Waals surface area contributed by atoms with Crippen LogP contribution in [-0.2, 0) is 9.59 Å². The molecule has 0 radical (unpaired) electrons. The molecule has 1 heterocycles. The van der Waals surface area contributed by atoms with Crippen molar-refractivity contribution in [1.82, 2.24) is 0 Å². The zero-order valence-electron chi connectivity index (χ0n) is 9.74. The summed E-state index contributed by atoms with van der Waals surface area (Å²) in [6.07, 6.45) is 0.282. The molecule has 2 amide bonds. The molecule has 0 unspecified atom stereocenters. The Morgan fingerprint density at radius 1 is 1.22 bits per heavy atom. The Balaban J connectivity index is 2.48. The number of nitrogen functional groups attached to an aromatic ring is 1. The van der Waals surface area contributed by atoms with E-state index in [4.69, 9.17) is 5.73 Å². The molecule has 2 rings (SSSR count). The van der Waals surface area contributed by atoms with Crippen LogP contribution in [0.1, 0.15) is 19.8 Å². The Labute approximate surface area is 102 Å². The second kappa shape index (κ2) is 4.36. The molecule has 1 aromatic carbocycles. The number of nitrogens with two attached hydrogens (primary N) is 1. The average molecular weight is 254 g/mol. The van der Waals surface area contributed by atoms with E-state index in [-0.39, 0.29) is 30.1 Å². The second-order valence-corrected chi connectivity index (χ2v) is 4.46. The second-order valence-electron chi connectivity index (χ2n) is 4.46. The van der Waals surface area contributed by atoms with E-state index < -0.39 is 23.4 Å². The molecule has 0 bridgehead atoms. The first-order chi connectivity index (χ1) is 8.40. The number of amides is 2. The van der Waals surface area contributed by atoms with E-state index in [2.05, 4.69) is 0 Å². The highest BCUT2D eigenvalue weighted by Crippen LogP contribution is 2.32. The van der Waals surface area contributed by atoms with Crippen molar-refractivity contribution in [3.8, 4) is 0 Å². The highest BCUT2D eigenvalue weighted by molar-refractivity contribution is 6.18. The maximum Gasteiger partial charge on any atom is 0.234 e. The number of piperidine rings is 1. The molecular weight excluding hydrogens is 242 g/mol.